The van der Waals surface area contributed by atoms with Crippen molar-refractivity contribution in [1.82, 2.24) is 10.2 Å². The fraction of sp³-hybridized carbons (Fsp3) is 0.481. The molecule has 0 spiro atoms. The number of hydrogen-bond acceptors (Lipinski definition) is 5. The molecular formula is C27H36F3N3O5S. The van der Waals surface area contributed by atoms with E-state index in [1.165, 1.54) is 18.1 Å². The Labute approximate surface area is 228 Å². The summed E-state index contributed by atoms with van der Waals surface area (Å²) in [6.45, 7) is 6.96. The highest BCUT2D eigenvalue weighted by Crippen LogP contribution is 2.32. The molecule has 0 aromatic heterocycles. The second kappa shape index (κ2) is 12.7. The van der Waals surface area contributed by atoms with Gasteiger partial charge in [0.05, 0.1) is 24.6 Å². The number of rotatable bonds is 11. The summed E-state index contributed by atoms with van der Waals surface area (Å²) in [6.07, 6.45) is -3.85. The largest absolute Gasteiger partial charge is 0.497 e. The molecule has 2 aromatic rings. The number of halogens is 3. The van der Waals surface area contributed by atoms with Gasteiger partial charge in [-0.2, -0.15) is 13.2 Å². The van der Waals surface area contributed by atoms with Gasteiger partial charge in [0.2, 0.25) is 21.8 Å². The molecule has 0 aliphatic rings. The van der Waals surface area contributed by atoms with Gasteiger partial charge in [0.15, 0.2) is 0 Å². The van der Waals surface area contributed by atoms with Gasteiger partial charge in [-0.05, 0) is 70.0 Å². The fourth-order valence-electron chi connectivity index (χ4n) is 3.83. The minimum atomic E-state index is -4.64. The predicted octanol–water partition coefficient (Wildman–Crippen LogP) is 4.59. The van der Waals surface area contributed by atoms with Crippen LogP contribution in [-0.2, 0) is 32.3 Å². The van der Waals surface area contributed by atoms with Gasteiger partial charge in [-0.15, -0.1) is 0 Å². The lowest BCUT2D eigenvalue weighted by molar-refractivity contribution is -0.141. The van der Waals surface area contributed by atoms with Crippen LogP contribution < -0.4 is 14.4 Å². The van der Waals surface area contributed by atoms with Gasteiger partial charge in [-0.25, -0.2) is 8.42 Å². The summed E-state index contributed by atoms with van der Waals surface area (Å²) in [5.74, 6) is -0.128. The highest BCUT2D eigenvalue weighted by molar-refractivity contribution is 7.92. The predicted molar refractivity (Wildman–Crippen MR) is 144 cm³/mol. The first-order chi connectivity index (χ1) is 17.9. The Hall–Kier alpha value is -3.28. The first kappa shape index (κ1) is 31.9. The van der Waals surface area contributed by atoms with E-state index in [2.05, 4.69) is 5.32 Å². The Kier molecular flexibility index (Phi) is 10.4. The van der Waals surface area contributed by atoms with E-state index in [4.69, 9.17) is 4.74 Å². The number of alkyl halides is 3. The van der Waals surface area contributed by atoms with Crippen LogP contribution in [0, 0.1) is 0 Å². The molecule has 0 aliphatic heterocycles. The van der Waals surface area contributed by atoms with Gasteiger partial charge >= 0.3 is 6.18 Å². The number of anilines is 1. The maximum absolute atomic E-state index is 13.3. The van der Waals surface area contributed by atoms with Crippen LogP contribution in [0.15, 0.2) is 48.5 Å². The third-order valence-electron chi connectivity index (χ3n) is 5.79. The second-order valence-corrected chi connectivity index (χ2v) is 12.2. The molecule has 1 N–H and O–H groups in total. The van der Waals surface area contributed by atoms with Crippen LogP contribution in [0.3, 0.4) is 0 Å². The van der Waals surface area contributed by atoms with Crippen LogP contribution >= 0.6 is 0 Å². The minimum absolute atomic E-state index is 0.0227. The van der Waals surface area contributed by atoms with Gasteiger partial charge in [0, 0.05) is 25.0 Å². The van der Waals surface area contributed by atoms with Crippen molar-refractivity contribution in [3.05, 3.63) is 59.7 Å². The van der Waals surface area contributed by atoms with Crippen molar-refractivity contribution in [1.29, 1.82) is 0 Å². The average molecular weight is 572 g/mol. The van der Waals surface area contributed by atoms with E-state index >= 15 is 0 Å². The summed E-state index contributed by atoms with van der Waals surface area (Å²) in [7, 11) is -2.41. The molecule has 0 fully saturated rings. The quantitative estimate of drug-likeness (QED) is 0.426. The molecule has 1 unspecified atom stereocenters. The van der Waals surface area contributed by atoms with Gasteiger partial charge < -0.3 is 15.0 Å². The Morgan fingerprint density at radius 2 is 1.67 bits per heavy atom. The third-order valence-corrected chi connectivity index (χ3v) is 6.99. The number of hydrogen-bond donors (Lipinski definition) is 1. The summed E-state index contributed by atoms with van der Waals surface area (Å²) in [5, 5.41) is 2.86. The summed E-state index contributed by atoms with van der Waals surface area (Å²) >= 11 is 0. The normalized spacial score (nSPS) is 12.9. The van der Waals surface area contributed by atoms with Crippen LogP contribution in [0.2, 0.25) is 0 Å². The smallest absolute Gasteiger partial charge is 0.416 e. The van der Waals surface area contributed by atoms with Crippen LogP contribution in [-0.4, -0.2) is 56.6 Å². The van der Waals surface area contributed by atoms with Crippen molar-refractivity contribution in [3.63, 3.8) is 0 Å². The molecule has 2 rings (SSSR count). The molecule has 1 atom stereocenters. The number of amides is 2. The summed E-state index contributed by atoms with van der Waals surface area (Å²) in [5.41, 5.74) is -0.899. The molecule has 8 nitrogen and oxygen atoms in total. The Bertz CT molecular complexity index is 1240. The standard InChI is InChI=1S/C27H36F3N3O5S/c1-19(25(35)31-26(2,3)4)32(18-20-12-14-23(38-5)15-13-20)24(34)11-8-16-33(39(6,36)37)22-10-7-9-21(17-22)27(28,29)30/h7,9-10,12-15,17,19H,8,11,16,18H2,1-6H3,(H,31,35). The number of benzene rings is 2. The molecule has 0 aliphatic carbocycles. The van der Waals surface area contributed by atoms with Gasteiger partial charge in [-0.3, -0.25) is 13.9 Å². The molecule has 2 aromatic carbocycles. The lowest BCUT2D eigenvalue weighted by atomic mass is 10.1. The highest BCUT2D eigenvalue weighted by Gasteiger charge is 2.32. The minimum Gasteiger partial charge on any atom is -0.497 e. The first-order valence-electron chi connectivity index (χ1n) is 12.3. The van der Waals surface area contributed by atoms with E-state index in [0.717, 1.165) is 34.3 Å². The van der Waals surface area contributed by atoms with Crippen molar-refractivity contribution in [3.8, 4) is 5.75 Å². The van der Waals surface area contributed by atoms with Crippen molar-refractivity contribution in [2.24, 2.45) is 0 Å². The molecular weight excluding hydrogens is 535 g/mol. The Morgan fingerprint density at radius 3 is 2.18 bits per heavy atom. The number of ether oxygens (including phenoxy) is 1. The molecule has 39 heavy (non-hydrogen) atoms. The van der Waals surface area contributed by atoms with Crippen molar-refractivity contribution in [2.45, 2.75) is 64.8 Å². The maximum Gasteiger partial charge on any atom is 0.416 e. The third kappa shape index (κ3) is 9.76. The van der Waals surface area contributed by atoms with E-state index in [1.54, 1.807) is 31.2 Å². The van der Waals surface area contributed by atoms with Crippen molar-refractivity contribution >= 4 is 27.5 Å². The number of carbonyl (C=O) groups excluding carboxylic acids is 2. The summed E-state index contributed by atoms with van der Waals surface area (Å²) in [4.78, 5) is 27.6. The molecule has 2 amide bonds. The lowest BCUT2D eigenvalue weighted by Gasteiger charge is -2.32. The van der Waals surface area contributed by atoms with Crippen LogP contribution in [0.1, 0.15) is 51.7 Å². The molecule has 0 saturated carbocycles. The van der Waals surface area contributed by atoms with E-state index in [0.29, 0.717) is 5.75 Å². The number of sulfonamides is 1. The number of carbonyl (C=O) groups is 2. The molecule has 0 bridgehead atoms. The molecule has 0 saturated heterocycles. The SMILES string of the molecule is COc1ccc(CN(C(=O)CCCN(c2cccc(C(F)(F)F)c2)S(C)(=O)=O)C(C)C(=O)NC(C)(C)C)cc1. The van der Waals surface area contributed by atoms with E-state index < -0.39 is 39.3 Å². The number of nitrogens with one attached hydrogen (secondary N) is 1. The maximum atomic E-state index is 13.3. The summed E-state index contributed by atoms with van der Waals surface area (Å²) < 4.78 is 70.4. The van der Waals surface area contributed by atoms with Crippen LogP contribution in [0.5, 0.6) is 5.75 Å². The van der Waals surface area contributed by atoms with Crippen molar-refractivity contribution < 1.29 is 35.9 Å². The number of nitrogens with zero attached hydrogens (tertiary/aromatic N) is 2. The highest BCUT2D eigenvalue weighted by atomic mass is 32.2. The van der Waals surface area contributed by atoms with E-state index in [9.17, 15) is 31.2 Å². The zero-order valence-electron chi connectivity index (χ0n) is 23.0. The first-order valence-corrected chi connectivity index (χ1v) is 14.2. The second-order valence-electron chi connectivity index (χ2n) is 10.3. The van der Waals surface area contributed by atoms with E-state index in [1.807, 2.05) is 20.8 Å². The topological polar surface area (TPSA) is 96.0 Å². The fourth-order valence-corrected chi connectivity index (χ4v) is 4.78. The van der Waals surface area contributed by atoms with Gasteiger partial charge in [0.25, 0.3) is 0 Å². The van der Waals surface area contributed by atoms with Gasteiger partial charge in [-0.1, -0.05) is 18.2 Å². The molecule has 12 heteroatoms. The summed E-state index contributed by atoms with van der Waals surface area (Å²) in [6, 6.07) is 10.2. The number of methoxy groups -OCH3 is 1. The molecule has 0 heterocycles. The van der Waals surface area contributed by atoms with Gasteiger partial charge in [0.1, 0.15) is 11.8 Å². The Morgan fingerprint density at radius 1 is 1.05 bits per heavy atom. The zero-order chi connectivity index (χ0) is 29.6. The monoisotopic (exact) mass is 571 g/mol. The Balaban J connectivity index is 2.24. The molecule has 0 radical (unpaired) electrons. The zero-order valence-corrected chi connectivity index (χ0v) is 23.8. The lowest BCUT2D eigenvalue weighted by Crippen LogP contribution is -2.52. The van der Waals surface area contributed by atoms with Crippen molar-refractivity contribution in [2.75, 3.05) is 24.2 Å². The van der Waals surface area contributed by atoms with Crippen LogP contribution in [0.4, 0.5) is 18.9 Å². The average Bonchev–Trinajstić information content (AvgIpc) is 2.82. The van der Waals surface area contributed by atoms with E-state index in [-0.39, 0.29) is 37.5 Å². The van der Waals surface area contributed by atoms with Crippen LogP contribution in [0.25, 0.3) is 0 Å². The molecule has 216 valence electrons.